The van der Waals surface area contributed by atoms with Crippen LogP contribution in [0, 0.1) is 0 Å². The maximum atomic E-state index is 12.1. The Kier molecular flexibility index (Phi) is 10.5. The molecule has 8 nitrogen and oxygen atoms in total. The van der Waals surface area contributed by atoms with Gasteiger partial charge in [0.25, 0.3) is 5.91 Å². The molecule has 1 rings (SSSR count). The van der Waals surface area contributed by atoms with Crippen molar-refractivity contribution in [3.8, 4) is 0 Å². The number of amides is 3. The van der Waals surface area contributed by atoms with Crippen LogP contribution in [0.4, 0.5) is 5.69 Å². The number of unbranched alkanes of at least 4 members (excludes halogenated alkanes) is 1. The number of ether oxygens (including phenoxy) is 1. The monoisotopic (exact) mass is 378 g/mol. The molecule has 0 spiro atoms. The molecule has 1 aromatic carbocycles. The molecule has 5 N–H and O–H groups in total. The minimum Gasteiger partial charge on any atom is -0.385 e. The van der Waals surface area contributed by atoms with E-state index in [4.69, 9.17) is 10.5 Å². The van der Waals surface area contributed by atoms with Gasteiger partial charge in [-0.15, -0.1) is 0 Å². The summed E-state index contributed by atoms with van der Waals surface area (Å²) in [7, 11) is 1.40. The van der Waals surface area contributed by atoms with E-state index in [0.717, 1.165) is 18.7 Å². The van der Waals surface area contributed by atoms with E-state index in [2.05, 4.69) is 22.9 Å². The molecule has 0 heterocycles. The van der Waals surface area contributed by atoms with E-state index < -0.39 is 11.9 Å². The number of carbonyl (C=O) groups is 3. The SMILES string of the molecule is CCCNc1ccc(C(=O)NCCCCC(NC(=O)COC)C(N)=O)cc1. The minimum atomic E-state index is -0.730. The Bertz CT molecular complexity index is 604. The summed E-state index contributed by atoms with van der Waals surface area (Å²) in [4.78, 5) is 35.0. The third-order valence-corrected chi connectivity index (χ3v) is 3.89. The summed E-state index contributed by atoms with van der Waals surface area (Å²) in [5.41, 5.74) is 6.88. The van der Waals surface area contributed by atoms with Gasteiger partial charge >= 0.3 is 0 Å². The van der Waals surface area contributed by atoms with Gasteiger partial charge in [-0.25, -0.2) is 0 Å². The van der Waals surface area contributed by atoms with Crippen molar-refractivity contribution >= 4 is 23.4 Å². The molecule has 3 amide bonds. The van der Waals surface area contributed by atoms with Gasteiger partial charge < -0.3 is 26.4 Å². The van der Waals surface area contributed by atoms with E-state index in [1.807, 2.05) is 12.1 Å². The van der Waals surface area contributed by atoms with E-state index in [9.17, 15) is 14.4 Å². The summed E-state index contributed by atoms with van der Waals surface area (Å²) in [6, 6.07) is 6.59. The topological polar surface area (TPSA) is 123 Å². The molecule has 150 valence electrons. The Morgan fingerprint density at radius 2 is 1.81 bits per heavy atom. The van der Waals surface area contributed by atoms with Crippen LogP contribution < -0.4 is 21.7 Å². The summed E-state index contributed by atoms with van der Waals surface area (Å²) in [5, 5.41) is 8.63. The van der Waals surface area contributed by atoms with Gasteiger partial charge in [0.15, 0.2) is 0 Å². The average molecular weight is 378 g/mol. The number of hydrogen-bond acceptors (Lipinski definition) is 5. The van der Waals surface area contributed by atoms with Crippen molar-refractivity contribution in [2.45, 2.75) is 38.6 Å². The molecular weight excluding hydrogens is 348 g/mol. The first-order valence-electron chi connectivity index (χ1n) is 9.17. The second-order valence-electron chi connectivity index (χ2n) is 6.21. The zero-order valence-corrected chi connectivity index (χ0v) is 16.0. The molecule has 8 heteroatoms. The van der Waals surface area contributed by atoms with Gasteiger partial charge in [0.2, 0.25) is 11.8 Å². The first-order chi connectivity index (χ1) is 13.0. The number of primary amides is 1. The van der Waals surface area contributed by atoms with E-state index >= 15 is 0 Å². The summed E-state index contributed by atoms with van der Waals surface area (Å²) >= 11 is 0. The molecule has 0 saturated carbocycles. The van der Waals surface area contributed by atoms with Crippen molar-refractivity contribution in [3.63, 3.8) is 0 Å². The zero-order valence-electron chi connectivity index (χ0n) is 16.0. The molecule has 27 heavy (non-hydrogen) atoms. The number of benzene rings is 1. The first-order valence-corrected chi connectivity index (χ1v) is 9.17. The predicted molar refractivity (Wildman–Crippen MR) is 104 cm³/mol. The smallest absolute Gasteiger partial charge is 0.251 e. The Balaban J connectivity index is 2.30. The quantitative estimate of drug-likeness (QED) is 0.382. The van der Waals surface area contributed by atoms with Crippen LogP contribution in [0.15, 0.2) is 24.3 Å². The van der Waals surface area contributed by atoms with Crippen LogP contribution in [0.1, 0.15) is 43.0 Å². The lowest BCUT2D eigenvalue weighted by atomic mass is 10.1. The largest absolute Gasteiger partial charge is 0.385 e. The van der Waals surface area contributed by atoms with Crippen molar-refractivity contribution in [2.24, 2.45) is 5.73 Å². The van der Waals surface area contributed by atoms with Crippen LogP contribution in [0.25, 0.3) is 0 Å². The molecule has 0 fully saturated rings. The third kappa shape index (κ3) is 9.05. The molecule has 0 aliphatic carbocycles. The molecule has 1 unspecified atom stereocenters. The van der Waals surface area contributed by atoms with Crippen LogP contribution in [0.2, 0.25) is 0 Å². The standard InChI is InChI=1S/C19H30N4O4/c1-3-11-21-15-9-7-14(8-10-15)19(26)22-12-5-4-6-16(18(20)25)23-17(24)13-27-2/h7-10,16,21H,3-6,11-13H2,1-2H3,(H2,20,25)(H,22,26)(H,23,24). The van der Waals surface area contributed by atoms with Crippen molar-refractivity contribution < 1.29 is 19.1 Å². The normalized spacial score (nSPS) is 11.5. The number of hydrogen-bond donors (Lipinski definition) is 4. The number of anilines is 1. The third-order valence-electron chi connectivity index (χ3n) is 3.89. The lowest BCUT2D eigenvalue weighted by Crippen LogP contribution is -2.45. The van der Waals surface area contributed by atoms with Crippen LogP contribution in [-0.2, 0) is 14.3 Å². The Hall–Kier alpha value is -2.61. The minimum absolute atomic E-state index is 0.118. The second kappa shape index (κ2) is 12.7. The van der Waals surface area contributed by atoms with Gasteiger partial charge in [0, 0.05) is 31.5 Å². The fraction of sp³-hybridized carbons (Fsp3) is 0.526. The highest BCUT2D eigenvalue weighted by molar-refractivity contribution is 5.94. The zero-order chi connectivity index (χ0) is 20.1. The van der Waals surface area contributed by atoms with Crippen LogP contribution in [0.5, 0.6) is 0 Å². The van der Waals surface area contributed by atoms with Gasteiger partial charge in [-0.2, -0.15) is 0 Å². The van der Waals surface area contributed by atoms with E-state index in [0.29, 0.717) is 31.4 Å². The molecule has 0 radical (unpaired) electrons. The maximum absolute atomic E-state index is 12.1. The Labute approximate surface area is 160 Å². The highest BCUT2D eigenvalue weighted by Crippen LogP contribution is 2.09. The maximum Gasteiger partial charge on any atom is 0.251 e. The van der Waals surface area contributed by atoms with Crippen molar-refractivity contribution in [1.29, 1.82) is 0 Å². The second-order valence-corrected chi connectivity index (χ2v) is 6.21. The van der Waals surface area contributed by atoms with Gasteiger partial charge in [0.1, 0.15) is 12.6 Å². The van der Waals surface area contributed by atoms with Crippen molar-refractivity contribution in [2.75, 3.05) is 32.1 Å². The lowest BCUT2D eigenvalue weighted by Gasteiger charge is -2.15. The Morgan fingerprint density at radius 1 is 1.11 bits per heavy atom. The Morgan fingerprint density at radius 3 is 2.41 bits per heavy atom. The summed E-state index contributed by atoms with van der Waals surface area (Å²) < 4.78 is 4.71. The summed E-state index contributed by atoms with van der Waals surface area (Å²) in [6.07, 6.45) is 2.76. The highest BCUT2D eigenvalue weighted by atomic mass is 16.5. The van der Waals surface area contributed by atoms with Crippen molar-refractivity contribution in [3.05, 3.63) is 29.8 Å². The van der Waals surface area contributed by atoms with Gasteiger partial charge in [-0.1, -0.05) is 6.92 Å². The number of nitrogens with two attached hydrogens (primary N) is 1. The number of rotatable bonds is 13. The molecule has 0 aliphatic heterocycles. The van der Waals surface area contributed by atoms with E-state index in [1.54, 1.807) is 12.1 Å². The fourth-order valence-corrected chi connectivity index (χ4v) is 2.44. The van der Waals surface area contributed by atoms with Crippen molar-refractivity contribution in [1.82, 2.24) is 10.6 Å². The molecule has 0 aromatic heterocycles. The fourth-order valence-electron chi connectivity index (χ4n) is 2.44. The molecule has 1 aromatic rings. The van der Waals surface area contributed by atoms with Gasteiger partial charge in [-0.3, -0.25) is 14.4 Å². The molecule has 0 bridgehead atoms. The highest BCUT2D eigenvalue weighted by Gasteiger charge is 2.17. The summed E-state index contributed by atoms with van der Waals surface area (Å²) in [6.45, 7) is 3.34. The van der Waals surface area contributed by atoms with Crippen LogP contribution >= 0.6 is 0 Å². The molecule has 0 saturated heterocycles. The number of methoxy groups -OCH3 is 1. The van der Waals surface area contributed by atoms with E-state index in [1.165, 1.54) is 7.11 Å². The number of carbonyl (C=O) groups excluding carboxylic acids is 3. The summed E-state index contributed by atoms with van der Waals surface area (Å²) in [5.74, 6) is -1.11. The number of nitrogens with one attached hydrogen (secondary N) is 3. The van der Waals surface area contributed by atoms with Crippen LogP contribution in [-0.4, -0.2) is 50.6 Å². The molecule has 1 atom stereocenters. The molecular formula is C19H30N4O4. The first kappa shape index (κ1) is 22.4. The predicted octanol–water partition coefficient (Wildman–Crippen LogP) is 1.03. The van der Waals surface area contributed by atoms with Crippen LogP contribution in [0.3, 0.4) is 0 Å². The van der Waals surface area contributed by atoms with Gasteiger partial charge in [-0.05, 0) is 49.9 Å². The lowest BCUT2D eigenvalue weighted by molar-refractivity contribution is -0.129. The van der Waals surface area contributed by atoms with E-state index in [-0.39, 0.29) is 18.4 Å². The average Bonchev–Trinajstić information content (AvgIpc) is 2.65. The molecule has 0 aliphatic rings. The van der Waals surface area contributed by atoms with Gasteiger partial charge in [0.05, 0.1) is 0 Å².